The Balaban J connectivity index is 4.36. The van der Waals surface area contributed by atoms with Gasteiger partial charge in [0.15, 0.2) is 0 Å². The Morgan fingerprint density at radius 1 is 1.47 bits per heavy atom. The Morgan fingerprint density at radius 2 is 2.00 bits per heavy atom. The van der Waals surface area contributed by atoms with Gasteiger partial charge in [0.25, 0.3) is 0 Å². The Morgan fingerprint density at radius 3 is 2.33 bits per heavy atom. The number of hydrogen-bond acceptors (Lipinski definition) is 3. The van der Waals surface area contributed by atoms with Crippen molar-refractivity contribution in [3.63, 3.8) is 0 Å². The number of aliphatic carboxylic acids is 1. The molecule has 0 rings (SSSR count). The monoisotopic (exact) mass is 214 g/mol. The average Bonchev–Trinajstić information content (AvgIpc) is 2.10. The molecule has 3 N–H and O–H groups in total. The highest BCUT2D eigenvalue weighted by atomic mass is 16.4. The average molecular weight is 214 g/mol. The molecule has 5 heteroatoms. The first-order valence-corrected chi connectivity index (χ1v) is 4.77. The van der Waals surface area contributed by atoms with Crippen molar-refractivity contribution in [2.75, 3.05) is 13.1 Å². The van der Waals surface area contributed by atoms with Gasteiger partial charge in [0.1, 0.15) is 0 Å². The first-order valence-electron chi connectivity index (χ1n) is 4.77. The molecule has 0 unspecified atom stereocenters. The van der Waals surface area contributed by atoms with Crippen LogP contribution in [0.15, 0.2) is 11.6 Å². The van der Waals surface area contributed by atoms with E-state index in [1.165, 1.54) is 6.92 Å². The van der Waals surface area contributed by atoms with E-state index in [-0.39, 0.29) is 18.2 Å². The van der Waals surface area contributed by atoms with Gasteiger partial charge in [-0.1, -0.05) is 6.08 Å². The van der Waals surface area contributed by atoms with Gasteiger partial charge in [-0.05, 0) is 20.8 Å². The van der Waals surface area contributed by atoms with Crippen LogP contribution in [-0.4, -0.2) is 41.0 Å². The molecule has 0 saturated carbocycles. The summed E-state index contributed by atoms with van der Waals surface area (Å²) in [5.74, 6) is -1.36. The van der Waals surface area contributed by atoms with Gasteiger partial charge in [0, 0.05) is 18.2 Å². The number of carboxylic acid groups (broad SMARTS) is 1. The SMILES string of the molecule is CC(=CCN(CC(N)=O)C(C)C)C(=O)O. The summed E-state index contributed by atoms with van der Waals surface area (Å²) in [4.78, 5) is 23.1. The van der Waals surface area contributed by atoms with E-state index in [9.17, 15) is 9.59 Å². The molecule has 0 radical (unpaired) electrons. The van der Waals surface area contributed by atoms with E-state index in [0.717, 1.165) is 0 Å². The minimum absolute atomic E-state index is 0.140. The lowest BCUT2D eigenvalue weighted by atomic mass is 10.2. The van der Waals surface area contributed by atoms with E-state index in [1.54, 1.807) is 11.0 Å². The topological polar surface area (TPSA) is 83.6 Å². The van der Waals surface area contributed by atoms with Crippen molar-refractivity contribution in [3.8, 4) is 0 Å². The Bertz CT molecular complexity index is 272. The predicted octanol–water partition coefficient (Wildman–Crippen LogP) is 0.213. The summed E-state index contributed by atoms with van der Waals surface area (Å²) < 4.78 is 0. The van der Waals surface area contributed by atoms with Gasteiger partial charge in [-0.3, -0.25) is 9.69 Å². The van der Waals surface area contributed by atoms with E-state index in [0.29, 0.717) is 6.54 Å². The molecule has 0 atom stereocenters. The van der Waals surface area contributed by atoms with Gasteiger partial charge >= 0.3 is 5.97 Å². The second-order valence-corrected chi connectivity index (χ2v) is 3.68. The summed E-state index contributed by atoms with van der Waals surface area (Å²) in [6.45, 7) is 5.92. The highest BCUT2D eigenvalue weighted by Gasteiger charge is 2.11. The van der Waals surface area contributed by atoms with Crippen LogP contribution < -0.4 is 5.73 Å². The molecule has 0 spiro atoms. The summed E-state index contributed by atoms with van der Waals surface area (Å²) in [6.07, 6.45) is 1.57. The van der Waals surface area contributed by atoms with Crippen molar-refractivity contribution in [2.24, 2.45) is 5.73 Å². The fourth-order valence-electron chi connectivity index (χ4n) is 1.000. The van der Waals surface area contributed by atoms with E-state index >= 15 is 0 Å². The predicted molar refractivity (Wildman–Crippen MR) is 57.3 cm³/mol. The molecule has 0 heterocycles. The van der Waals surface area contributed by atoms with Crippen LogP contribution in [0.3, 0.4) is 0 Å². The van der Waals surface area contributed by atoms with Crippen LogP contribution in [0.5, 0.6) is 0 Å². The molecule has 1 amide bonds. The van der Waals surface area contributed by atoms with Crippen molar-refractivity contribution >= 4 is 11.9 Å². The first-order chi connectivity index (χ1) is 6.84. The highest BCUT2D eigenvalue weighted by Crippen LogP contribution is 2.00. The van der Waals surface area contributed by atoms with Crippen LogP contribution in [0.2, 0.25) is 0 Å². The van der Waals surface area contributed by atoms with Crippen LogP contribution in [0.4, 0.5) is 0 Å². The maximum absolute atomic E-state index is 10.7. The molecule has 86 valence electrons. The molecular weight excluding hydrogens is 196 g/mol. The van der Waals surface area contributed by atoms with Gasteiger partial charge < -0.3 is 10.8 Å². The number of hydrogen-bond donors (Lipinski definition) is 2. The quantitative estimate of drug-likeness (QED) is 0.619. The van der Waals surface area contributed by atoms with E-state index in [1.807, 2.05) is 13.8 Å². The zero-order valence-electron chi connectivity index (χ0n) is 9.36. The smallest absolute Gasteiger partial charge is 0.330 e. The lowest BCUT2D eigenvalue weighted by Crippen LogP contribution is -2.38. The van der Waals surface area contributed by atoms with Gasteiger partial charge in [0.05, 0.1) is 6.54 Å². The summed E-state index contributed by atoms with van der Waals surface area (Å²) in [5, 5.41) is 8.64. The zero-order valence-corrected chi connectivity index (χ0v) is 9.36. The number of amides is 1. The normalized spacial score (nSPS) is 12.2. The van der Waals surface area contributed by atoms with E-state index in [4.69, 9.17) is 10.8 Å². The van der Waals surface area contributed by atoms with Gasteiger partial charge in [-0.25, -0.2) is 4.79 Å². The molecule has 15 heavy (non-hydrogen) atoms. The molecule has 0 aliphatic heterocycles. The molecule has 0 aromatic rings. The molecular formula is C10H18N2O3. The minimum Gasteiger partial charge on any atom is -0.478 e. The molecule has 5 nitrogen and oxygen atoms in total. The molecule has 0 fully saturated rings. The highest BCUT2D eigenvalue weighted by molar-refractivity contribution is 5.85. The summed E-state index contributed by atoms with van der Waals surface area (Å²) in [7, 11) is 0. The number of carbonyl (C=O) groups excluding carboxylic acids is 1. The van der Waals surface area contributed by atoms with Crippen molar-refractivity contribution in [3.05, 3.63) is 11.6 Å². The summed E-state index contributed by atoms with van der Waals surface area (Å²) in [5.41, 5.74) is 5.35. The third kappa shape index (κ3) is 5.85. The van der Waals surface area contributed by atoms with Crippen LogP contribution in [0.1, 0.15) is 20.8 Å². The number of carboxylic acids is 1. The minimum atomic E-state index is -0.946. The largest absolute Gasteiger partial charge is 0.478 e. The maximum atomic E-state index is 10.7. The lowest BCUT2D eigenvalue weighted by Gasteiger charge is -2.23. The molecule has 0 saturated heterocycles. The van der Waals surface area contributed by atoms with Gasteiger partial charge in [-0.2, -0.15) is 0 Å². The third-order valence-corrected chi connectivity index (χ3v) is 2.06. The van der Waals surface area contributed by atoms with Crippen LogP contribution in [0, 0.1) is 0 Å². The number of carbonyl (C=O) groups is 2. The fourth-order valence-corrected chi connectivity index (χ4v) is 1.000. The summed E-state index contributed by atoms with van der Waals surface area (Å²) >= 11 is 0. The molecule has 0 aromatic carbocycles. The summed E-state index contributed by atoms with van der Waals surface area (Å²) in [6, 6.07) is 0.148. The Hall–Kier alpha value is -1.36. The third-order valence-electron chi connectivity index (χ3n) is 2.06. The van der Waals surface area contributed by atoms with Crippen molar-refractivity contribution in [2.45, 2.75) is 26.8 Å². The van der Waals surface area contributed by atoms with Crippen molar-refractivity contribution in [1.29, 1.82) is 0 Å². The number of rotatable bonds is 6. The molecule has 0 aliphatic carbocycles. The second-order valence-electron chi connectivity index (χ2n) is 3.68. The number of nitrogens with zero attached hydrogens (tertiary/aromatic N) is 1. The second kappa shape index (κ2) is 6.19. The zero-order chi connectivity index (χ0) is 12.0. The van der Waals surface area contributed by atoms with E-state index < -0.39 is 11.9 Å². The Labute approximate surface area is 89.6 Å². The fraction of sp³-hybridized carbons (Fsp3) is 0.600. The Kier molecular flexibility index (Phi) is 5.62. The van der Waals surface area contributed by atoms with Crippen LogP contribution >= 0.6 is 0 Å². The first kappa shape index (κ1) is 13.6. The number of nitrogens with two attached hydrogens (primary N) is 1. The molecule has 0 bridgehead atoms. The van der Waals surface area contributed by atoms with Gasteiger partial charge in [-0.15, -0.1) is 0 Å². The molecule has 0 aliphatic rings. The van der Waals surface area contributed by atoms with E-state index in [2.05, 4.69) is 0 Å². The van der Waals surface area contributed by atoms with Crippen molar-refractivity contribution < 1.29 is 14.7 Å². The van der Waals surface area contributed by atoms with Crippen LogP contribution in [0.25, 0.3) is 0 Å². The van der Waals surface area contributed by atoms with Crippen LogP contribution in [-0.2, 0) is 9.59 Å². The van der Waals surface area contributed by atoms with Crippen molar-refractivity contribution in [1.82, 2.24) is 4.90 Å². The van der Waals surface area contributed by atoms with Gasteiger partial charge in [0.2, 0.25) is 5.91 Å². The number of primary amides is 1. The standard InChI is InChI=1S/C10H18N2O3/c1-7(2)12(6-9(11)13)5-4-8(3)10(14)15/h4,7H,5-6H2,1-3H3,(H2,11,13)(H,14,15). The maximum Gasteiger partial charge on any atom is 0.330 e. The lowest BCUT2D eigenvalue weighted by molar-refractivity contribution is -0.132. The molecule has 0 aromatic heterocycles.